The van der Waals surface area contributed by atoms with Gasteiger partial charge < -0.3 is 10.8 Å². The van der Waals surface area contributed by atoms with E-state index in [1.165, 1.54) is 0 Å². The summed E-state index contributed by atoms with van der Waals surface area (Å²) in [5.74, 6) is -1.25. The summed E-state index contributed by atoms with van der Waals surface area (Å²) in [4.78, 5) is 0. The Hall–Kier alpha value is -1.24. The van der Waals surface area contributed by atoms with Crippen molar-refractivity contribution in [2.45, 2.75) is 6.18 Å². The average Bonchev–Trinajstić information content (AvgIpc) is 2.06. The number of nitrogens with one attached hydrogen (secondary N) is 1. The van der Waals surface area contributed by atoms with Crippen molar-refractivity contribution in [3.05, 3.63) is 27.7 Å². The number of benzene rings is 1. The molecule has 1 rings (SSSR count). The van der Waals surface area contributed by atoms with Crippen molar-refractivity contribution in [2.24, 2.45) is 5.73 Å². The summed E-state index contributed by atoms with van der Waals surface area (Å²) in [6, 6.07) is 1.99. The van der Waals surface area contributed by atoms with Crippen molar-refractivity contribution in [3.8, 4) is 5.75 Å². The van der Waals surface area contributed by atoms with Gasteiger partial charge in [0.1, 0.15) is 11.6 Å². The second-order valence-electron chi connectivity index (χ2n) is 2.73. The number of nitrogens with two attached hydrogens (primary N) is 1. The highest BCUT2D eigenvalue weighted by Crippen LogP contribution is 2.41. The minimum absolute atomic E-state index is 0.466. The quantitative estimate of drug-likeness (QED) is 0.547. The molecule has 0 aromatic heterocycles. The SMILES string of the molecule is N=C(N)c1ccc(O)c(Br)c1C(F)(F)F. The number of alkyl halides is 3. The fourth-order valence-corrected chi connectivity index (χ4v) is 1.64. The Bertz CT molecular complexity index is 417. The van der Waals surface area contributed by atoms with Crippen LogP contribution in [0.25, 0.3) is 0 Å². The molecule has 1 aromatic carbocycles. The zero-order valence-corrected chi connectivity index (χ0v) is 8.78. The van der Waals surface area contributed by atoms with Crippen LogP contribution in [0.3, 0.4) is 0 Å². The Morgan fingerprint density at radius 3 is 2.33 bits per heavy atom. The maximum absolute atomic E-state index is 12.6. The van der Waals surface area contributed by atoms with Crippen LogP contribution in [-0.2, 0) is 6.18 Å². The maximum atomic E-state index is 12.6. The van der Waals surface area contributed by atoms with Crippen molar-refractivity contribution in [2.75, 3.05) is 0 Å². The first-order valence-corrected chi connectivity index (χ1v) is 4.47. The van der Waals surface area contributed by atoms with Crippen LogP contribution in [0.2, 0.25) is 0 Å². The number of hydrogen-bond acceptors (Lipinski definition) is 2. The van der Waals surface area contributed by atoms with Crippen LogP contribution in [0.1, 0.15) is 11.1 Å². The van der Waals surface area contributed by atoms with E-state index in [0.29, 0.717) is 0 Å². The van der Waals surface area contributed by atoms with E-state index >= 15 is 0 Å². The minimum Gasteiger partial charge on any atom is -0.507 e. The van der Waals surface area contributed by atoms with Gasteiger partial charge >= 0.3 is 6.18 Å². The molecule has 0 heterocycles. The third kappa shape index (κ3) is 2.23. The van der Waals surface area contributed by atoms with Gasteiger partial charge in [0.05, 0.1) is 10.0 Å². The van der Waals surface area contributed by atoms with E-state index < -0.39 is 33.4 Å². The highest BCUT2D eigenvalue weighted by Gasteiger charge is 2.37. The Morgan fingerprint density at radius 2 is 1.93 bits per heavy atom. The van der Waals surface area contributed by atoms with Gasteiger partial charge in [-0.15, -0.1) is 0 Å². The molecular weight excluding hydrogens is 277 g/mol. The highest BCUT2D eigenvalue weighted by atomic mass is 79.9. The lowest BCUT2D eigenvalue weighted by Crippen LogP contribution is -2.19. The molecule has 0 spiro atoms. The van der Waals surface area contributed by atoms with Gasteiger partial charge in [0.2, 0.25) is 0 Å². The lowest BCUT2D eigenvalue weighted by atomic mass is 10.1. The van der Waals surface area contributed by atoms with Gasteiger partial charge in [0, 0.05) is 5.56 Å². The molecule has 3 nitrogen and oxygen atoms in total. The first-order chi connectivity index (χ1) is 6.75. The summed E-state index contributed by atoms with van der Waals surface area (Å²) in [5, 5.41) is 16.1. The molecule has 0 saturated heterocycles. The molecule has 4 N–H and O–H groups in total. The number of hydrogen-bond donors (Lipinski definition) is 3. The standard InChI is InChI=1S/C8H6BrF3N2O/c9-6-4(15)2-1-3(7(13)14)5(6)8(10,11)12/h1-2,15H,(H3,13,14). The molecule has 0 bridgehead atoms. The van der Waals surface area contributed by atoms with Crippen LogP contribution in [-0.4, -0.2) is 10.9 Å². The third-order valence-corrected chi connectivity index (χ3v) is 2.50. The maximum Gasteiger partial charge on any atom is 0.418 e. The second-order valence-corrected chi connectivity index (χ2v) is 3.53. The van der Waals surface area contributed by atoms with Gasteiger partial charge in [-0.3, -0.25) is 5.41 Å². The van der Waals surface area contributed by atoms with Crippen LogP contribution in [0.15, 0.2) is 16.6 Å². The predicted molar refractivity (Wildman–Crippen MR) is 51.8 cm³/mol. The minimum atomic E-state index is -4.68. The van der Waals surface area contributed by atoms with Gasteiger partial charge in [0.25, 0.3) is 0 Å². The number of halogens is 4. The number of phenolic OH excluding ortho intramolecular Hbond substituents is 1. The fourth-order valence-electron chi connectivity index (χ4n) is 1.07. The van der Waals surface area contributed by atoms with Crippen LogP contribution >= 0.6 is 15.9 Å². The predicted octanol–water partition coefficient (Wildman–Crippen LogP) is 2.46. The molecule has 0 atom stereocenters. The van der Waals surface area contributed by atoms with Crippen molar-refractivity contribution in [3.63, 3.8) is 0 Å². The fraction of sp³-hybridized carbons (Fsp3) is 0.125. The molecule has 0 aliphatic carbocycles. The largest absolute Gasteiger partial charge is 0.507 e. The average molecular weight is 283 g/mol. The monoisotopic (exact) mass is 282 g/mol. The molecule has 0 amide bonds. The van der Waals surface area contributed by atoms with Crippen LogP contribution in [0.5, 0.6) is 5.75 Å². The molecule has 82 valence electrons. The summed E-state index contributed by atoms with van der Waals surface area (Å²) in [6.07, 6.45) is -4.68. The smallest absolute Gasteiger partial charge is 0.418 e. The van der Waals surface area contributed by atoms with E-state index in [4.69, 9.17) is 16.2 Å². The molecule has 0 saturated carbocycles. The first-order valence-electron chi connectivity index (χ1n) is 3.68. The van der Waals surface area contributed by atoms with Gasteiger partial charge in [-0.05, 0) is 28.1 Å². The van der Waals surface area contributed by atoms with E-state index in [9.17, 15) is 13.2 Å². The molecule has 0 fully saturated rings. The highest BCUT2D eigenvalue weighted by molar-refractivity contribution is 9.10. The summed E-state index contributed by atoms with van der Waals surface area (Å²) in [6.45, 7) is 0. The first kappa shape index (κ1) is 11.8. The van der Waals surface area contributed by atoms with Gasteiger partial charge in [-0.1, -0.05) is 0 Å². The van der Waals surface area contributed by atoms with Gasteiger partial charge in [-0.2, -0.15) is 13.2 Å². The lowest BCUT2D eigenvalue weighted by molar-refractivity contribution is -0.138. The summed E-state index contributed by atoms with van der Waals surface area (Å²) >= 11 is 2.61. The van der Waals surface area contributed by atoms with Crippen molar-refractivity contribution < 1.29 is 18.3 Å². The number of phenols is 1. The van der Waals surface area contributed by atoms with E-state index in [2.05, 4.69) is 15.9 Å². The second kappa shape index (κ2) is 3.73. The van der Waals surface area contributed by atoms with Crippen LogP contribution in [0.4, 0.5) is 13.2 Å². The third-order valence-electron chi connectivity index (χ3n) is 1.70. The summed E-state index contributed by atoms with van der Waals surface area (Å²) in [5.41, 5.74) is 3.40. The molecule has 0 unspecified atom stereocenters. The van der Waals surface area contributed by atoms with Crippen LogP contribution < -0.4 is 5.73 Å². The van der Waals surface area contributed by atoms with Crippen molar-refractivity contribution >= 4 is 21.8 Å². The Labute approximate surface area is 91.3 Å². The van der Waals surface area contributed by atoms with E-state index in [1.54, 1.807) is 0 Å². The molecular formula is C8H6BrF3N2O. The lowest BCUT2D eigenvalue weighted by Gasteiger charge is -2.14. The van der Waals surface area contributed by atoms with Crippen LogP contribution in [0, 0.1) is 5.41 Å². The zero-order chi connectivity index (χ0) is 11.8. The summed E-state index contributed by atoms with van der Waals surface area (Å²) in [7, 11) is 0. The Kier molecular flexibility index (Phi) is 2.94. The molecule has 1 aromatic rings. The van der Waals surface area contributed by atoms with E-state index in [1.807, 2.05) is 0 Å². The normalized spacial score (nSPS) is 11.5. The van der Waals surface area contributed by atoms with Crippen molar-refractivity contribution in [1.29, 1.82) is 5.41 Å². The Morgan fingerprint density at radius 1 is 1.40 bits per heavy atom. The number of amidine groups is 1. The molecule has 0 aliphatic heterocycles. The number of aromatic hydroxyl groups is 1. The molecule has 0 radical (unpaired) electrons. The number of nitrogen functional groups attached to an aromatic ring is 1. The molecule has 0 aliphatic rings. The molecule has 7 heteroatoms. The van der Waals surface area contributed by atoms with Gasteiger partial charge in [0.15, 0.2) is 0 Å². The van der Waals surface area contributed by atoms with E-state index in [0.717, 1.165) is 12.1 Å². The zero-order valence-electron chi connectivity index (χ0n) is 7.19. The molecule has 15 heavy (non-hydrogen) atoms. The summed E-state index contributed by atoms with van der Waals surface area (Å²) < 4.78 is 37.2. The van der Waals surface area contributed by atoms with E-state index in [-0.39, 0.29) is 0 Å². The van der Waals surface area contributed by atoms with Gasteiger partial charge in [-0.25, -0.2) is 0 Å². The van der Waals surface area contributed by atoms with Crippen molar-refractivity contribution in [1.82, 2.24) is 0 Å². The topological polar surface area (TPSA) is 70.1 Å². The number of rotatable bonds is 1. The Balaban J connectivity index is 3.57.